The van der Waals surface area contributed by atoms with Crippen LogP contribution in [0.4, 0.5) is 0 Å². The van der Waals surface area contributed by atoms with Crippen molar-refractivity contribution >= 4 is 18.0 Å². The molecule has 0 radical (unpaired) electrons. The van der Waals surface area contributed by atoms with Gasteiger partial charge >= 0.3 is 11.9 Å². The molecular weight excluding hydrogens is 360 g/mol. The topological polar surface area (TPSA) is 71.1 Å². The number of rotatable bonds is 9. The summed E-state index contributed by atoms with van der Waals surface area (Å²) < 4.78 is 21.0. The molecule has 0 amide bonds. The second-order valence-electron chi connectivity index (χ2n) is 5.68. The normalized spacial score (nSPS) is 10.9. The standard InChI is InChI=1S/C22H24O6/c1-4-26-20(22(24)27-5-2)14-17-11-12-19(25-3)18(13-17)21(23)28-15-16-9-7-6-8-10-16/h6-14H,4-5,15H2,1-3H3. The van der Waals surface area contributed by atoms with Crippen molar-refractivity contribution in [2.24, 2.45) is 0 Å². The number of carbonyl (C=O) groups is 2. The van der Waals surface area contributed by atoms with Crippen LogP contribution in [0.1, 0.15) is 35.3 Å². The van der Waals surface area contributed by atoms with E-state index in [0.29, 0.717) is 17.9 Å². The number of methoxy groups -OCH3 is 1. The van der Waals surface area contributed by atoms with Gasteiger partial charge in [0.15, 0.2) is 0 Å². The van der Waals surface area contributed by atoms with Gasteiger partial charge in [-0.15, -0.1) is 0 Å². The summed E-state index contributed by atoms with van der Waals surface area (Å²) in [5.74, 6) is -0.638. The molecule has 0 aliphatic heterocycles. The first-order valence-corrected chi connectivity index (χ1v) is 8.99. The van der Waals surface area contributed by atoms with Crippen LogP contribution in [0, 0.1) is 0 Å². The summed E-state index contributed by atoms with van der Waals surface area (Å²) in [6, 6.07) is 14.3. The third kappa shape index (κ3) is 5.87. The average molecular weight is 384 g/mol. The van der Waals surface area contributed by atoms with Crippen LogP contribution in [0.5, 0.6) is 5.75 Å². The number of benzene rings is 2. The van der Waals surface area contributed by atoms with Crippen LogP contribution >= 0.6 is 0 Å². The van der Waals surface area contributed by atoms with E-state index in [1.54, 1.807) is 32.0 Å². The van der Waals surface area contributed by atoms with Crippen molar-refractivity contribution in [1.29, 1.82) is 0 Å². The van der Waals surface area contributed by atoms with Gasteiger partial charge in [-0.3, -0.25) is 0 Å². The van der Waals surface area contributed by atoms with Crippen LogP contribution in [0.3, 0.4) is 0 Å². The number of hydrogen-bond acceptors (Lipinski definition) is 6. The lowest BCUT2D eigenvalue weighted by Gasteiger charge is -2.11. The van der Waals surface area contributed by atoms with Crippen LogP contribution in [-0.4, -0.2) is 32.3 Å². The molecule has 2 rings (SSSR count). The highest BCUT2D eigenvalue weighted by Gasteiger charge is 2.17. The van der Waals surface area contributed by atoms with Gasteiger partial charge in [-0.05, 0) is 43.2 Å². The van der Waals surface area contributed by atoms with Gasteiger partial charge in [0.05, 0.1) is 20.3 Å². The molecule has 0 aliphatic rings. The Labute approximate surface area is 164 Å². The molecule has 0 fully saturated rings. The number of carbonyl (C=O) groups excluding carboxylic acids is 2. The van der Waals surface area contributed by atoms with E-state index >= 15 is 0 Å². The van der Waals surface area contributed by atoms with Crippen LogP contribution in [0.15, 0.2) is 54.3 Å². The fourth-order valence-corrected chi connectivity index (χ4v) is 2.44. The Morgan fingerprint density at radius 1 is 0.929 bits per heavy atom. The maximum Gasteiger partial charge on any atom is 0.373 e. The smallest absolute Gasteiger partial charge is 0.373 e. The summed E-state index contributed by atoms with van der Waals surface area (Å²) in [4.78, 5) is 24.6. The second kappa shape index (κ2) is 10.8. The van der Waals surface area contributed by atoms with Crippen molar-refractivity contribution in [3.63, 3.8) is 0 Å². The fraction of sp³-hybridized carbons (Fsp3) is 0.273. The minimum Gasteiger partial charge on any atom is -0.496 e. The highest BCUT2D eigenvalue weighted by molar-refractivity contribution is 5.95. The SMILES string of the molecule is CCOC(=O)C(=Cc1ccc(OC)c(C(=O)OCc2ccccc2)c1)OCC. The second-order valence-corrected chi connectivity index (χ2v) is 5.68. The molecule has 0 saturated carbocycles. The van der Waals surface area contributed by atoms with Gasteiger partial charge < -0.3 is 18.9 Å². The van der Waals surface area contributed by atoms with E-state index in [4.69, 9.17) is 18.9 Å². The third-order valence-corrected chi connectivity index (χ3v) is 3.73. The molecule has 0 atom stereocenters. The Morgan fingerprint density at radius 2 is 1.64 bits per heavy atom. The van der Waals surface area contributed by atoms with E-state index < -0.39 is 11.9 Å². The molecule has 2 aromatic rings. The lowest BCUT2D eigenvalue weighted by molar-refractivity contribution is -0.142. The molecule has 0 N–H and O–H groups in total. The molecule has 0 aliphatic carbocycles. The van der Waals surface area contributed by atoms with Gasteiger partial charge in [0.1, 0.15) is 17.9 Å². The van der Waals surface area contributed by atoms with Gasteiger partial charge in [0.25, 0.3) is 0 Å². The van der Waals surface area contributed by atoms with Crippen LogP contribution < -0.4 is 4.74 Å². The summed E-state index contributed by atoms with van der Waals surface area (Å²) in [5.41, 5.74) is 1.72. The molecule has 2 aromatic carbocycles. The zero-order valence-corrected chi connectivity index (χ0v) is 16.3. The highest BCUT2D eigenvalue weighted by Crippen LogP contribution is 2.23. The molecular formula is C22H24O6. The third-order valence-electron chi connectivity index (χ3n) is 3.73. The van der Waals surface area contributed by atoms with Gasteiger partial charge in [0.2, 0.25) is 5.76 Å². The van der Waals surface area contributed by atoms with Gasteiger partial charge in [-0.2, -0.15) is 0 Å². The fourth-order valence-electron chi connectivity index (χ4n) is 2.44. The quantitative estimate of drug-likeness (QED) is 0.370. The van der Waals surface area contributed by atoms with Crippen molar-refractivity contribution < 1.29 is 28.5 Å². The Bertz CT molecular complexity index is 826. The Kier molecular flexibility index (Phi) is 8.09. The number of esters is 2. The summed E-state index contributed by atoms with van der Waals surface area (Å²) in [6.07, 6.45) is 1.52. The van der Waals surface area contributed by atoms with Crippen molar-refractivity contribution in [2.75, 3.05) is 20.3 Å². The average Bonchev–Trinajstić information content (AvgIpc) is 2.72. The first kappa shape index (κ1) is 21.0. The largest absolute Gasteiger partial charge is 0.496 e. The van der Waals surface area contributed by atoms with E-state index in [1.165, 1.54) is 13.2 Å². The van der Waals surface area contributed by atoms with Gasteiger partial charge in [-0.1, -0.05) is 36.4 Å². The molecule has 0 heterocycles. The number of ether oxygens (including phenoxy) is 4. The van der Waals surface area contributed by atoms with E-state index in [-0.39, 0.29) is 24.5 Å². The maximum absolute atomic E-state index is 12.6. The maximum atomic E-state index is 12.6. The summed E-state index contributed by atoms with van der Waals surface area (Å²) >= 11 is 0. The van der Waals surface area contributed by atoms with Crippen molar-refractivity contribution in [1.82, 2.24) is 0 Å². The molecule has 0 saturated heterocycles. The van der Waals surface area contributed by atoms with Gasteiger partial charge in [-0.25, -0.2) is 9.59 Å². The van der Waals surface area contributed by atoms with Crippen molar-refractivity contribution in [2.45, 2.75) is 20.5 Å². The Morgan fingerprint density at radius 3 is 2.29 bits per heavy atom. The number of hydrogen-bond donors (Lipinski definition) is 0. The molecule has 0 spiro atoms. The molecule has 6 heteroatoms. The van der Waals surface area contributed by atoms with Crippen LogP contribution in [-0.2, 0) is 25.6 Å². The monoisotopic (exact) mass is 384 g/mol. The Balaban J connectivity index is 2.25. The predicted molar refractivity (Wildman–Crippen MR) is 105 cm³/mol. The summed E-state index contributed by atoms with van der Waals surface area (Å²) in [7, 11) is 1.48. The van der Waals surface area contributed by atoms with Crippen molar-refractivity contribution in [3.8, 4) is 5.75 Å². The van der Waals surface area contributed by atoms with E-state index in [0.717, 1.165) is 5.56 Å². The molecule has 0 aromatic heterocycles. The van der Waals surface area contributed by atoms with Crippen molar-refractivity contribution in [3.05, 3.63) is 71.0 Å². The van der Waals surface area contributed by atoms with Crippen LogP contribution in [0.25, 0.3) is 6.08 Å². The van der Waals surface area contributed by atoms with Gasteiger partial charge in [0, 0.05) is 0 Å². The van der Waals surface area contributed by atoms with E-state index in [1.807, 2.05) is 30.3 Å². The zero-order chi connectivity index (χ0) is 20.4. The van der Waals surface area contributed by atoms with Crippen LogP contribution in [0.2, 0.25) is 0 Å². The van der Waals surface area contributed by atoms with E-state index in [2.05, 4.69) is 0 Å². The molecule has 0 unspecified atom stereocenters. The molecule has 0 bridgehead atoms. The first-order chi connectivity index (χ1) is 13.6. The minimum absolute atomic E-state index is 0.0677. The summed E-state index contributed by atoms with van der Waals surface area (Å²) in [5, 5.41) is 0. The predicted octanol–water partition coefficient (Wildman–Crippen LogP) is 3.99. The van der Waals surface area contributed by atoms with E-state index in [9.17, 15) is 9.59 Å². The lowest BCUT2D eigenvalue weighted by Crippen LogP contribution is -2.11. The molecule has 28 heavy (non-hydrogen) atoms. The Hall–Kier alpha value is -3.28. The minimum atomic E-state index is -0.562. The highest BCUT2D eigenvalue weighted by atomic mass is 16.6. The lowest BCUT2D eigenvalue weighted by atomic mass is 10.1. The molecule has 6 nitrogen and oxygen atoms in total. The molecule has 148 valence electrons. The zero-order valence-electron chi connectivity index (χ0n) is 16.3. The first-order valence-electron chi connectivity index (χ1n) is 8.99. The summed E-state index contributed by atoms with van der Waals surface area (Å²) in [6.45, 7) is 4.19.